The lowest BCUT2D eigenvalue weighted by molar-refractivity contribution is 0.0697. The molecule has 3 aromatic rings. The van der Waals surface area contributed by atoms with Gasteiger partial charge in [-0.25, -0.2) is 14.8 Å². The molecule has 0 aliphatic heterocycles. The quantitative estimate of drug-likeness (QED) is 0.788. The maximum absolute atomic E-state index is 11.3. The first-order valence-corrected chi connectivity index (χ1v) is 7.73. The molecule has 4 rings (SSSR count). The van der Waals surface area contributed by atoms with Gasteiger partial charge in [-0.2, -0.15) is 0 Å². The summed E-state index contributed by atoms with van der Waals surface area (Å²) in [5.41, 5.74) is 4.38. The molecule has 4 heteroatoms. The van der Waals surface area contributed by atoms with Crippen molar-refractivity contribution >= 4 is 16.7 Å². The van der Waals surface area contributed by atoms with Crippen molar-refractivity contribution in [1.29, 1.82) is 0 Å². The fourth-order valence-electron chi connectivity index (χ4n) is 3.12. The normalized spacial score (nSPS) is 14.1. The summed E-state index contributed by atoms with van der Waals surface area (Å²) in [6, 6.07) is 11.2. The molecular formula is C19H16N2O2. The van der Waals surface area contributed by atoms with E-state index in [9.17, 15) is 9.90 Å². The molecule has 1 aliphatic rings. The molecular weight excluding hydrogens is 288 g/mol. The number of benzene rings is 2. The maximum Gasteiger partial charge on any atom is 0.335 e. The predicted octanol–water partition coefficient (Wildman–Crippen LogP) is 4.18. The number of carbonyl (C=O) groups is 1. The van der Waals surface area contributed by atoms with E-state index in [0.29, 0.717) is 11.5 Å². The summed E-state index contributed by atoms with van der Waals surface area (Å²) in [7, 11) is 0. The van der Waals surface area contributed by atoms with E-state index >= 15 is 0 Å². The van der Waals surface area contributed by atoms with Crippen molar-refractivity contribution in [3.05, 3.63) is 59.5 Å². The van der Waals surface area contributed by atoms with Crippen LogP contribution in [0, 0.1) is 6.92 Å². The number of nitrogens with zero attached hydrogens (tertiary/aromatic N) is 2. The van der Waals surface area contributed by atoms with Gasteiger partial charge in [0.25, 0.3) is 0 Å². The highest BCUT2D eigenvalue weighted by atomic mass is 16.4. The molecule has 0 radical (unpaired) electrons. The molecule has 0 unspecified atom stereocenters. The van der Waals surface area contributed by atoms with Gasteiger partial charge in [-0.05, 0) is 48.2 Å². The smallest absolute Gasteiger partial charge is 0.335 e. The van der Waals surface area contributed by atoms with Crippen LogP contribution < -0.4 is 0 Å². The van der Waals surface area contributed by atoms with Crippen molar-refractivity contribution in [3.8, 4) is 11.3 Å². The van der Waals surface area contributed by atoms with E-state index < -0.39 is 5.97 Å². The third-order valence-electron chi connectivity index (χ3n) is 4.47. The number of hydrogen-bond donors (Lipinski definition) is 1. The van der Waals surface area contributed by atoms with Crippen LogP contribution in [0.5, 0.6) is 0 Å². The standard InChI is InChI=1S/C19H16N2O2/c1-11-17(13-6-7-13)20-10-21-18(11)15-4-2-3-12-5-8-14(19(22)23)9-16(12)15/h2-5,8-10,13H,6-7H2,1H3,(H,22,23). The second kappa shape index (κ2) is 5.16. The molecule has 1 aromatic heterocycles. The van der Waals surface area contributed by atoms with Crippen molar-refractivity contribution < 1.29 is 9.90 Å². The SMILES string of the molecule is Cc1c(-c2cccc3ccc(C(=O)O)cc23)ncnc1C1CC1. The molecule has 0 saturated heterocycles. The van der Waals surface area contributed by atoms with Crippen molar-refractivity contribution in [2.75, 3.05) is 0 Å². The Bertz CT molecular complexity index is 930. The van der Waals surface area contributed by atoms with Gasteiger partial charge in [-0.1, -0.05) is 24.3 Å². The van der Waals surface area contributed by atoms with Gasteiger partial charge >= 0.3 is 5.97 Å². The minimum Gasteiger partial charge on any atom is -0.478 e. The minimum atomic E-state index is -0.917. The predicted molar refractivity (Wildman–Crippen MR) is 88.6 cm³/mol. The number of carboxylic acids is 1. The van der Waals surface area contributed by atoms with Gasteiger partial charge in [0.2, 0.25) is 0 Å². The van der Waals surface area contributed by atoms with E-state index in [-0.39, 0.29) is 0 Å². The summed E-state index contributed by atoms with van der Waals surface area (Å²) in [5.74, 6) is -0.360. The van der Waals surface area contributed by atoms with Gasteiger partial charge in [-0.3, -0.25) is 0 Å². The Morgan fingerprint density at radius 3 is 2.74 bits per heavy atom. The molecule has 0 bridgehead atoms. The molecule has 1 heterocycles. The number of hydrogen-bond acceptors (Lipinski definition) is 3. The Labute approximate surface area is 133 Å². The number of fused-ring (bicyclic) bond motifs is 1. The zero-order chi connectivity index (χ0) is 16.0. The largest absolute Gasteiger partial charge is 0.478 e. The van der Waals surface area contributed by atoms with Crippen LogP contribution in [-0.4, -0.2) is 21.0 Å². The Balaban J connectivity index is 1.96. The first-order chi connectivity index (χ1) is 11.1. The fourth-order valence-corrected chi connectivity index (χ4v) is 3.12. The van der Waals surface area contributed by atoms with Gasteiger partial charge in [0.1, 0.15) is 6.33 Å². The van der Waals surface area contributed by atoms with E-state index in [0.717, 1.165) is 33.3 Å². The molecule has 0 atom stereocenters. The summed E-state index contributed by atoms with van der Waals surface area (Å²) in [4.78, 5) is 20.2. The first-order valence-electron chi connectivity index (χ1n) is 7.73. The summed E-state index contributed by atoms with van der Waals surface area (Å²) in [6.45, 7) is 2.06. The van der Waals surface area contributed by atoms with Crippen LogP contribution in [0.1, 0.15) is 40.4 Å². The lowest BCUT2D eigenvalue weighted by atomic mass is 9.96. The topological polar surface area (TPSA) is 63.1 Å². The summed E-state index contributed by atoms with van der Waals surface area (Å²) >= 11 is 0. The number of aromatic nitrogens is 2. The van der Waals surface area contributed by atoms with Crippen LogP contribution in [-0.2, 0) is 0 Å². The number of rotatable bonds is 3. The highest BCUT2D eigenvalue weighted by Crippen LogP contribution is 2.42. The van der Waals surface area contributed by atoms with Crippen LogP contribution in [0.25, 0.3) is 22.0 Å². The van der Waals surface area contributed by atoms with Crippen LogP contribution in [0.3, 0.4) is 0 Å². The summed E-state index contributed by atoms with van der Waals surface area (Å²) in [5, 5.41) is 11.2. The number of aromatic carboxylic acids is 1. The van der Waals surface area contributed by atoms with Crippen molar-refractivity contribution in [2.24, 2.45) is 0 Å². The van der Waals surface area contributed by atoms with Gasteiger partial charge < -0.3 is 5.11 Å². The monoisotopic (exact) mass is 304 g/mol. The van der Waals surface area contributed by atoms with Gasteiger partial charge in [0.15, 0.2) is 0 Å². The van der Waals surface area contributed by atoms with E-state index in [4.69, 9.17) is 0 Å². The second-order valence-electron chi connectivity index (χ2n) is 6.05. The Hall–Kier alpha value is -2.75. The van der Waals surface area contributed by atoms with Crippen molar-refractivity contribution in [1.82, 2.24) is 9.97 Å². The molecule has 0 amide bonds. The average Bonchev–Trinajstić information content (AvgIpc) is 3.39. The van der Waals surface area contributed by atoms with Crippen LogP contribution in [0.15, 0.2) is 42.7 Å². The van der Waals surface area contributed by atoms with Gasteiger partial charge in [0.05, 0.1) is 17.0 Å². The molecule has 1 N–H and O–H groups in total. The Kier molecular flexibility index (Phi) is 3.11. The molecule has 23 heavy (non-hydrogen) atoms. The highest BCUT2D eigenvalue weighted by molar-refractivity contribution is 6.01. The fraction of sp³-hybridized carbons (Fsp3) is 0.211. The van der Waals surface area contributed by atoms with Gasteiger partial charge in [0, 0.05) is 11.5 Å². The van der Waals surface area contributed by atoms with E-state index in [1.165, 1.54) is 12.8 Å². The molecule has 2 aromatic carbocycles. The Morgan fingerprint density at radius 1 is 1.17 bits per heavy atom. The molecule has 1 aliphatic carbocycles. The second-order valence-corrected chi connectivity index (χ2v) is 6.05. The lowest BCUT2D eigenvalue weighted by Gasteiger charge is -2.12. The van der Waals surface area contributed by atoms with Crippen molar-refractivity contribution in [2.45, 2.75) is 25.7 Å². The van der Waals surface area contributed by atoms with E-state index in [1.54, 1.807) is 18.5 Å². The zero-order valence-corrected chi connectivity index (χ0v) is 12.8. The zero-order valence-electron chi connectivity index (χ0n) is 12.8. The number of carboxylic acid groups (broad SMARTS) is 1. The van der Waals surface area contributed by atoms with Crippen molar-refractivity contribution in [3.63, 3.8) is 0 Å². The van der Waals surface area contributed by atoms with E-state index in [1.807, 2.05) is 24.3 Å². The van der Waals surface area contributed by atoms with E-state index in [2.05, 4.69) is 16.9 Å². The van der Waals surface area contributed by atoms with Gasteiger partial charge in [-0.15, -0.1) is 0 Å². The molecule has 1 saturated carbocycles. The van der Waals surface area contributed by atoms with Crippen LogP contribution in [0.4, 0.5) is 0 Å². The lowest BCUT2D eigenvalue weighted by Crippen LogP contribution is -1.99. The highest BCUT2D eigenvalue weighted by Gasteiger charge is 2.28. The average molecular weight is 304 g/mol. The molecule has 114 valence electrons. The summed E-state index contributed by atoms with van der Waals surface area (Å²) < 4.78 is 0. The maximum atomic E-state index is 11.3. The van der Waals surface area contributed by atoms with Crippen LogP contribution >= 0.6 is 0 Å². The minimum absolute atomic E-state index is 0.291. The third kappa shape index (κ3) is 2.36. The first kappa shape index (κ1) is 13.9. The molecule has 4 nitrogen and oxygen atoms in total. The molecule has 0 spiro atoms. The van der Waals surface area contributed by atoms with Crippen LogP contribution in [0.2, 0.25) is 0 Å². The Morgan fingerprint density at radius 2 is 2.00 bits per heavy atom. The third-order valence-corrected chi connectivity index (χ3v) is 4.47. The molecule has 1 fully saturated rings. The summed E-state index contributed by atoms with van der Waals surface area (Å²) in [6.07, 6.45) is 4.00.